The van der Waals surface area contributed by atoms with Gasteiger partial charge in [0.1, 0.15) is 5.92 Å². The molecule has 142 valence electrons. The highest BCUT2D eigenvalue weighted by atomic mass is 28.4. The van der Waals surface area contributed by atoms with Gasteiger partial charge >= 0.3 is 5.97 Å². The lowest BCUT2D eigenvalue weighted by atomic mass is 9.87. The average molecular weight is 368 g/mol. The molecule has 1 fully saturated rings. The lowest BCUT2D eigenvalue weighted by molar-refractivity contribution is -0.174. The summed E-state index contributed by atoms with van der Waals surface area (Å²) >= 11 is 0. The first-order valence-corrected chi connectivity index (χ1v) is 11.6. The SMILES string of the molecule is COC(=O)[C@H]1CCCN2C(=O)C=C[C@]12O[Si](C(C)C)(C(C)C)C(C)C. The molecule has 1 saturated heterocycles. The zero-order valence-electron chi connectivity index (χ0n) is 16.7. The number of esters is 1. The highest BCUT2D eigenvalue weighted by molar-refractivity contribution is 6.77. The smallest absolute Gasteiger partial charge is 0.313 e. The third kappa shape index (κ3) is 3.08. The maximum absolute atomic E-state index is 12.6. The van der Waals surface area contributed by atoms with E-state index in [0.29, 0.717) is 29.6 Å². The van der Waals surface area contributed by atoms with Crippen LogP contribution in [0.2, 0.25) is 16.6 Å². The molecule has 1 amide bonds. The quantitative estimate of drug-likeness (QED) is 0.528. The van der Waals surface area contributed by atoms with Crippen LogP contribution in [0.1, 0.15) is 54.4 Å². The molecule has 0 N–H and O–H groups in total. The summed E-state index contributed by atoms with van der Waals surface area (Å²) in [4.78, 5) is 26.8. The number of carbonyl (C=O) groups is 2. The van der Waals surface area contributed by atoms with Crippen LogP contribution in [0, 0.1) is 5.92 Å². The van der Waals surface area contributed by atoms with Crippen LogP contribution in [-0.2, 0) is 18.8 Å². The molecule has 0 aromatic carbocycles. The Labute approximate surface area is 152 Å². The molecular formula is C19H33NO4Si. The number of amides is 1. The number of fused-ring (bicyclic) bond motifs is 1. The summed E-state index contributed by atoms with van der Waals surface area (Å²) in [5, 5.41) is 0. The summed E-state index contributed by atoms with van der Waals surface area (Å²) in [7, 11) is -0.883. The number of methoxy groups -OCH3 is 1. The van der Waals surface area contributed by atoms with Gasteiger partial charge in [0, 0.05) is 12.6 Å². The van der Waals surface area contributed by atoms with Gasteiger partial charge in [0.25, 0.3) is 0 Å². The number of nitrogens with zero attached hydrogens (tertiary/aromatic N) is 1. The minimum absolute atomic E-state index is 0.0622. The van der Waals surface area contributed by atoms with E-state index in [1.54, 1.807) is 11.0 Å². The number of hydrogen-bond donors (Lipinski definition) is 0. The second-order valence-corrected chi connectivity index (χ2v) is 13.6. The number of piperidine rings is 1. The van der Waals surface area contributed by atoms with Crippen molar-refractivity contribution < 1.29 is 18.8 Å². The highest BCUT2D eigenvalue weighted by Gasteiger charge is 2.60. The lowest BCUT2D eigenvalue weighted by Gasteiger charge is -2.54. The number of hydrogen-bond acceptors (Lipinski definition) is 4. The van der Waals surface area contributed by atoms with Gasteiger partial charge in [0.05, 0.1) is 7.11 Å². The Kier molecular flexibility index (Phi) is 5.84. The van der Waals surface area contributed by atoms with E-state index in [-0.39, 0.29) is 11.9 Å². The second kappa shape index (κ2) is 7.23. The summed E-state index contributed by atoms with van der Waals surface area (Å²) in [5.41, 5.74) is 0.127. The Morgan fingerprint density at radius 2 is 1.76 bits per heavy atom. The van der Waals surface area contributed by atoms with E-state index in [4.69, 9.17) is 9.16 Å². The Bertz CT molecular complexity index is 536. The standard InChI is InChI=1S/C19H33NO4Si/c1-13(2)25(14(3)4,15(5)6)24-19-11-10-17(21)20(19)12-8-9-16(19)18(22)23-7/h10-11,13-16H,8-9,12H2,1-7H3/t16-,19+/m1/s1. The van der Waals surface area contributed by atoms with Crippen molar-refractivity contribution in [1.29, 1.82) is 0 Å². The molecule has 2 heterocycles. The molecule has 5 nitrogen and oxygen atoms in total. The zero-order chi connectivity index (χ0) is 19.0. The summed E-state index contributed by atoms with van der Waals surface area (Å²) in [6.07, 6.45) is 4.86. The van der Waals surface area contributed by atoms with Crippen molar-refractivity contribution in [3.8, 4) is 0 Å². The van der Waals surface area contributed by atoms with Gasteiger partial charge in [-0.25, -0.2) is 0 Å². The molecule has 6 heteroatoms. The van der Waals surface area contributed by atoms with E-state index in [0.717, 1.165) is 6.42 Å². The topological polar surface area (TPSA) is 55.8 Å². The number of rotatable bonds is 6. The van der Waals surface area contributed by atoms with E-state index in [9.17, 15) is 9.59 Å². The maximum atomic E-state index is 12.6. The van der Waals surface area contributed by atoms with Crippen LogP contribution in [0.25, 0.3) is 0 Å². The van der Waals surface area contributed by atoms with Gasteiger partial charge in [-0.2, -0.15) is 0 Å². The molecule has 0 spiro atoms. The molecule has 0 radical (unpaired) electrons. The molecule has 2 aliphatic heterocycles. The van der Waals surface area contributed by atoms with Crippen molar-refractivity contribution in [2.45, 2.75) is 76.7 Å². The van der Waals surface area contributed by atoms with Crippen molar-refractivity contribution in [2.75, 3.05) is 13.7 Å². The van der Waals surface area contributed by atoms with Crippen molar-refractivity contribution in [3.63, 3.8) is 0 Å². The second-order valence-electron chi connectivity index (χ2n) is 8.21. The predicted molar refractivity (Wildman–Crippen MR) is 100 cm³/mol. The zero-order valence-corrected chi connectivity index (χ0v) is 17.7. The number of ether oxygens (including phenoxy) is 1. The van der Waals surface area contributed by atoms with Crippen molar-refractivity contribution >= 4 is 20.2 Å². The van der Waals surface area contributed by atoms with E-state index in [1.807, 2.05) is 6.08 Å². The van der Waals surface area contributed by atoms with E-state index >= 15 is 0 Å². The molecule has 0 aromatic rings. The van der Waals surface area contributed by atoms with Gasteiger partial charge in [-0.05, 0) is 35.5 Å². The third-order valence-corrected chi connectivity index (χ3v) is 12.2. The molecule has 0 unspecified atom stereocenters. The molecule has 0 saturated carbocycles. The van der Waals surface area contributed by atoms with Gasteiger partial charge in [-0.1, -0.05) is 41.5 Å². The van der Waals surface area contributed by atoms with Crippen LogP contribution >= 0.6 is 0 Å². The van der Waals surface area contributed by atoms with Crippen LogP contribution in [0.3, 0.4) is 0 Å². The monoisotopic (exact) mass is 367 g/mol. The van der Waals surface area contributed by atoms with Gasteiger partial charge < -0.3 is 14.1 Å². The van der Waals surface area contributed by atoms with Crippen molar-refractivity contribution in [2.24, 2.45) is 5.92 Å². The van der Waals surface area contributed by atoms with Gasteiger partial charge in [-0.3, -0.25) is 9.59 Å². The molecule has 25 heavy (non-hydrogen) atoms. The minimum atomic E-state index is -2.29. The molecule has 0 bridgehead atoms. The fourth-order valence-corrected chi connectivity index (χ4v) is 10.6. The summed E-state index contributed by atoms with van der Waals surface area (Å²) in [6, 6.07) is 0. The summed E-state index contributed by atoms with van der Waals surface area (Å²) in [5.74, 6) is -0.812. The Morgan fingerprint density at radius 1 is 1.20 bits per heavy atom. The van der Waals surface area contributed by atoms with E-state index < -0.39 is 20.0 Å². The lowest BCUT2D eigenvalue weighted by Crippen LogP contribution is -2.65. The van der Waals surface area contributed by atoms with Gasteiger partial charge in [0.15, 0.2) is 5.72 Å². The van der Waals surface area contributed by atoms with Crippen LogP contribution in [0.5, 0.6) is 0 Å². The maximum Gasteiger partial charge on any atom is 0.313 e. The Morgan fingerprint density at radius 3 is 2.24 bits per heavy atom. The first-order chi connectivity index (χ1) is 11.6. The first-order valence-electron chi connectivity index (χ1n) is 9.42. The van der Waals surface area contributed by atoms with Crippen LogP contribution < -0.4 is 0 Å². The predicted octanol–water partition coefficient (Wildman–Crippen LogP) is 3.86. The largest absolute Gasteiger partial charge is 0.469 e. The molecule has 2 aliphatic rings. The van der Waals surface area contributed by atoms with Gasteiger partial charge in [0.2, 0.25) is 14.2 Å². The summed E-state index contributed by atoms with van der Waals surface area (Å²) in [6.45, 7) is 13.9. The fraction of sp³-hybridized carbons (Fsp3) is 0.789. The van der Waals surface area contributed by atoms with E-state index in [1.165, 1.54) is 7.11 Å². The first kappa shape index (κ1) is 20.2. The molecule has 2 rings (SSSR count). The number of carbonyl (C=O) groups excluding carboxylic acids is 2. The van der Waals surface area contributed by atoms with Gasteiger partial charge in [-0.15, -0.1) is 0 Å². The molecule has 2 atom stereocenters. The minimum Gasteiger partial charge on any atom is -0.469 e. The van der Waals surface area contributed by atoms with Crippen LogP contribution in [0.15, 0.2) is 12.2 Å². The average Bonchev–Trinajstić information content (AvgIpc) is 2.88. The third-order valence-electron chi connectivity index (χ3n) is 6.06. The van der Waals surface area contributed by atoms with Crippen molar-refractivity contribution in [3.05, 3.63) is 12.2 Å². The van der Waals surface area contributed by atoms with Crippen molar-refractivity contribution in [1.82, 2.24) is 4.90 Å². The fourth-order valence-electron chi connectivity index (χ4n) is 5.02. The molecular weight excluding hydrogens is 334 g/mol. The van der Waals surface area contributed by atoms with Crippen LogP contribution in [-0.4, -0.2) is 44.5 Å². The molecule has 0 aromatic heterocycles. The Balaban J connectivity index is 2.57. The normalized spacial score (nSPS) is 26.7. The van der Waals surface area contributed by atoms with E-state index in [2.05, 4.69) is 41.5 Å². The summed E-state index contributed by atoms with van der Waals surface area (Å²) < 4.78 is 12.1. The Hall–Kier alpha value is -1.14. The molecule has 0 aliphatic carbocycles. The highest BCUT2D eigenvalue weighted by Crippen LogP contribution is 2.50. The van der Waals surface area contributed by atoms with Crippen LogP contribution in [0.4, 0.5) is 0 Å².